The van der Waals surface area contributed by atoms with Crippen molar-refractivity contribution >= 4 is 18.0 Å². The Hall–Kier alpha value is -1.44. The number of aromatic nitrogens is 1. The van der Waals surface area contributed by atoms with Gasteiger partial charge in [-0.2, -0.15) is 0 Å². The Kier molecular flexibility index (Phi) is 12.3. The molecule has 0 bridgehead atoms. The maximum Gasteiger partial charge on any atom is 0.0909 e. The predicted molar refractivity (Wildman–Crippen MR) is 75.6 cm³/mol. The first-order valence-electron chi connectivity index (χ1n) is 5.86. The van der Waals surface area contributed by atoms with Crippen molar-refractivity contribution in [2.24, 2.45) is 4.99 Å². The Morgan fingerprint density at radius 3 is 2.25 bits per heavy atom. The van der Waals surface area contributed by atoms with Crippen LogP contribution in [-0.2, 0) is 0 Å². The van der Waals surface area contributed by atoms with Crippen LogP contribution in [0.2, 0.25) is 0 Å². The molecule has 0 amide bonds. The fourth-order valence-corrected chi connectivity index (χ4v) is 1.04. The molecular weight excluding hydrogens is 196 g/mol. The number of pyridine rings is 1. The van der Waals surface area contributed by atoms with Gasteiger partial charge in [0.1, 0.15) is 0 Å². The van der Waals surface area contributed by atoms with Gasteiger partial charge in [0.25, 0.3) is 0 Å². The number of aliphatic imine (C=N–C) groups is 1. The standard InChI is InChI=1S/C10H12N2.2C2H6/c1-4-9-6-7-12-8(3)10(9)11-5-2;2*1-2/h4-7H,1H2,2-3H3;2*1-2H3. The van der Waals surface area contributed by atoms with Crippen LogP contribution in [-0.4, -0.2) is 11.2 Å². The molecule has 0 saturated carbocycles. The van der Waals surface area contributed by atoms with Gasteiger partial charge in [0.2, 0.25) is 0 Å². The van der Waals surface area contributed by atoms with Gasteiger partial charge >= 0.3 is 0 Å². The summed E-state index contributed by atoms with van der Waals surface area (Å²) in [5, 5.41) is 0. The van der Waals surface area contributed by atoms with Crippen LogP contribution in [0.25, 0.3) is 6.08 Å². The SMILES string of the molecule is C=Cc1ccnc(C)c1N=CC.CC.CC. The zero-order chi connectivity index (χ0) is 13.0. The van der Waals surface area contributed by atoms with Gasteiger partial charge in [0.05, 0.1) is 11.4 Å². The molecule has 1 heterocycles. The van der Waals surface area contributed by atoms with Crippen molar-refractivity contribution in [2.75, 3.05) is 0 Å². The number of aryl methyl sites for hydroxylation is 1. The van der Waals surface area contributed by atoms with E-state index in [1.165, 1.54) is 0 Å². The van der Waals surface area contributed by atoms with E-state index in [0.29, 0.717) is 0 Å². The molecule has 2 heteroatoms. The number of rotatable bonds is 2. The lowest BCUT2D eigenvalue weighted by Gasteiger charge is -2.01. The van der Waals surface area contributed by atoms with Crippen LogP contribution in [0, 0.1) is 6.92 Å². The predicted octanol–water partition coefficient (Wildman–Crippen LogP) is 4.81. The summed E-state index contributed by atoms with van der Waals surface area (Å²) in [6.07, 6.45) is 5.31. The monoisotopic (exact) mass is 220 g/mol. The maximum absolute atomic E-state index is 4.22. The molecule has 1 rings (SSSR count). The van der Waals surface area contributed by atoms with Gasteiger partial charge in [0, 0.05) is 18.0 Å². The topological polar surface area (TPSA) is 25.2 Å². The minimum Gasteiger partial charge on any atom is -0.259 e. The van der Waals surface area contributed by atoms with Crippen molar-refractivity contribution < 1.29 is 0 Å². The van der Waals surface area contributed by atoms with Gasteiger partial charge in [0.15, 0.2) is 0 Å². The van der Waals surface area contributed by atoms with E-state index in [2.05, 4.69) is 16.6 Å². The van der Waals surface area contributed by atoms with Crippen molar-refractivity contribution in [1.29, 1.82) is 0 Å². The highest BCUT2D eigenvalue weighted by Gasteiger charge is 1.99. The maximum atomic E-state index is 4.22. The lowest BCUT2D eigenvalue weighted by Crippen LogP contribution is -1.84. The average molecular weight is 220 g/mol. The van der Waals surface area contributed by atoms with Gasteiger partial charge < -0.3 is 0 Å². The van der Waals surface area contributed by atoms with Gasteiger partial charge in [-0.25, -0.2) is 0 Å². The molecule has 0 aromatic carbocycles. The minimum atomic E-state index is 0.912. The van der Waals surface area contributed by atoms with Gasteiger partial charge in [-0.05, 0) is 19.9 Å². The molecule has 90 valence electrons. The quantitative estimate of drug-likeness (QED) is 0.657. The van der Waals surface area contributed by atoms with Gasteiger partial charge in [-0.1, -0.05) is 40.3 Å². The summed E-state index contributed by atoms with van der Waals surface area (Å²) in [4.78, 5) is 8.36. The Morgan fingerprint density at radius 2 is 1.81 bits per heavy atom. The van der Waals surface area contributed by atoms with E-state index in [4.69, 9.17) is 0 Å². The Morgan fingerprint density at radius 1 is 1.25 bits per heavy atom. The lowest BCUT2D eigenvalue weighted by molar-refractivity contribution is 1.18. The van der Waals surface area contributed by atoms with Crippen molar-refractivity contribution in [3.05, 3.63) is 30.1 Å². The second-order valence-electron chi connectivity index (χ2n) is 2.43. The third kappa shape index (κ3) is 5.44. The average Bonchev–Trinajstić information content (AvgIpc) is 2.37. The summed E-state index contributed by atoms with van der Waals surface area (Å²) in [5.41, 5.74) is 2.88. The van der Waals surface area contributed by atoms with Crippen LogP contribution in [0.15, 0.2) is 23.8 Å². The zero-order valence-corrected chi connectivity index (χ0v) is 11.4. The molecule has 1 aromatic heterocycles. The highest BCUT2D eigenvalue weighted by atomic mass is 14.8. The largest absolute Gasteiger partial charge is 0.259 e. The Balaban J connectivity index is 0. The summed E-state index contributed by atoms with van der Waals surface area (Å²) in [7, 11) is 0. The van der Waals surface area contributed by atoms with Crippen LogP contribution in [0.3, 0.4) is 0 Å². The van der Waals surface area contributed by atoms with Crippen LogP contribution in [0.5, 0.6) is 0 Å². The minimum absolute atomic E-state index is 0.912. The van der Waals surface area contributed by atoms with E-state index in [0.717, 1.165) is 16.9 Å². The molecule has 1 aromatic rings. The second-order valence-corrected chi connectivity index (χ2v) is 2.43. The smallest absolute Gasteiger partial charge is 0.0909 e. The van der Waals surface area contributed by atoms with E-state index in [-0.39, 0.29) is 0 Å². The lowest BCUT2D eigenvalue weighted by atomic mass is 10.2. The molecule has 0 aliphatic rings. The first-order chi connectivity index (χ1) is 7.79. The highest BCUT2D eigenvalue weighted by Crippen LogP contribution is 2.22. The fourth-order valence-electron chi connectivity index (χ4n) is 1.04. The number of hydrogen-bond donors (Lipinski definition) is 0. The van der Waals surface area contributed by atoms with Crippen molar-refractivity contribution in [3.8, 4) is 0 Å². The van der Waals surface area contributed by atoms with Crippen LogP contribution < -0.4 is 0 Å². The highest BCUT2D eigenvalue weighted by molar-refractivity contribution is 5.70. The molecule has 0 saturated heterocycles. The molecule has 2 nitrogen and oxygen atoms in total. The van der Waals surface area contributed by atoms with Gasteiger partial charge in [-0.15, -0.1) is 0 Å². The van der Waals surface area contributed by atoms with E-state index in [1.54, 1.807) is 18.5 Å². The summed E-state index contributed by atoms with van der Waals surface area (Å²) >= 11 is 0. The molecule has 0 atom stereocenters. The number of hydrogen-bond acceptors (Lipinski definition) is 2. The fraction of sp³-hybridized carbons (Fsp3) is 0.429. The molecule has 16 heavy (non-hydrogen) atoms. The van der Waals surface area contributed by atoms with E-state index < -0.39 is 0 Å². The number of nitrogens with zero attached hydrogens (tertiary/aromatic N) is 2. The first-order valence-corrected chi connectivity index (χ1v) is 5.86. The third-order valence-electron chi connectivity index (χ3n) is 1.62. The molecule has 0 N–H and O–H groups in total. The van der Waals surface area contributed by atoms with Crippen LogP contribution >= 0.6 is 0 Å². The second kappa shape index (κ2) is 11.6. The van der Waals surface area contributed by atoms with E-state index in [1.807, 2.05) is 47.6 Å². The van der Waals surface area contributed by atoms with Crippen molar-refractivity contribution in [1.82, 2.24) is 4.98 Å². The summed E-state index contributed by atoms with van der Waals surface area (Å²) in [6, 6.07) is 1.91. The molecule has 0 aliphatic carbocycles. The first kappa shape index (κ1) is 17.0. The Labute approximate surface area is 100 Å². The molecule has 0 radical (unpaired) electrons. The van der Waals surface area contributed by atoms with Gasteiger partial charge in [-0.3, -0.25) is 9.98 Å². The van der Waals surface area contributed by atoms with E-state index in [9.17, 15) is 0 Å². The van der Waals surface area contributed by atoms with E-state index >= 15 is 0 Å². The van der Waals surface area contributed by atoms with Crippen molar-refractivity contribution in [3.63, 3.8) is 0 Å². The summed E-state index contributed by atoms with van der Waals surface area (Å²) in [5.74, 6) is 0. The molecule has 0 unspecified atom stereocenters. The van der Waals surface area contributed by atoms with Crippen LogP contribution in [0.4, 0.5) is 5.69 Å². The molecular formula is C14H24N2. The molecule has 0 fully saturated rings. The Bertz CT molecular complexity index is 315. The van der Waals surface area contributed by atoms with Crippen LogP contribution in [0.1, 0.15) is 45.9 Å². The van der Waals surface area contributed by atoms with Crippen molar-refractivity contribution in [2.45, 2.75) is 41.5 Å². The summed E-state index contributed by atoms with van der Waals surface area (Å²) in [6.45, 7) is 15.5. The normalized spacial score (nSPS) is 8.62. The summed E-state index contributed by atoms with van der Waals surface area (Å²) < 4.78 is 0. The zero-order valence-electron chi connectivity index (χ0n) is 11.4. The molecule has 0 aliphatic heterocycles. The molecule has 0 spiro atoms. The third-order valence-corrected chi connectivity index (χ3v) is 1.62.